The van der Waals surface area contributed by atoms with E-state index < -0.39 is 12.0 Å². The van der Waals surface area contributed by atoms with Crippen molar-refractivity contribution in [2.75, 3.05) is 18.5 Å². The van der Waals surface area contributed by atoms with Crippen molar-refractivity contribution in [3.05, 3.63) is 11.3 Å². The summed E-state index contributed by atoms with van der Waals surface area (Å²) < 4.78 is 10.0. The van der Waals surface area contributed by atoms with Crippen LogP contribution >= 0.6 is 0 Å². The molecule has 0 radical (unpaired) electrons. The Morgan fingerprint density at radius 3 is 2.71 bits per heavy atom. The van der Waals surface area contributed by atoms with Crippen molar-refractivity contribution in [2.24, 2.45) is 15.8 Å². The lowest BCUT2D eigenvalue weighted by molar-refractivity contribution is 0.0526. The lowest BCUT2D eigenvalue weighted by atomic mass is 9.63. The molecule has 1 aliphatic rings. The quantitative estimate of drug-likeness (QED) is 0.435. The Morgan fingerprint density at radius 1 is 1.36 bits per heavy atom. The van der Waals surface area contributed by atoms with Crippen LogP contribution < -0.4 is 10.6 Å². The second kappa shape index (κ2) is 8.56. The van der Waals surface area contributed by atoms with Crippen LogP contribution in [0.25, 0.3) is 0 Å². The Kier molecular flexibility index (Phi) is 6.61. The molecular formula is C19H28N4O5. The Morgan fingerprint density at radius 2 is 2.07 bits per heavy atom. The molecule has 1 aromatic heterocycles. The van der Waals surface area contributed by atoms with E-state index in [1.54, 1.807) is 19.9 Å². The number of hydrogen-bond acceptors (Lipinski definition) is 7. The zero-order valence-corrected chi connectivity index (χ0v) is 17.0. The molecule has 0 aliphatic heterocycles. The molecule has 1 aliphatic carbocycles. The number of aryl methyl sites for hydroxylation is 1. The van der Waals surface area contributed by atoms with Crippen LogP contribution in [0.2, 0.25) is 0 Å². The fourth-order valence-electron chi connectivity index (χ4n) is 4.22. The second-order valence-electron chi connectivity index (χ2n) is 8.43. The lowest BCUT2D eigenvalue weighted by Crippen LogP contribution is -2.45. The zero-order valence-electron chi connectivity index (χ0n) is 17.0. The van der Waals surface area contributed by atoms with E-state index in [9.17, 15) is 14.4 Å². The number of aliphatic imine (C=N–C) groups is 1. The van der Waals surface area contributed by atoms with E-state index in [-0.39, 0.29) is 34.9 Å². The molecule has 2 rings (SSSR count). The van der Waals surface area contributed by atoms with Gasteiger partial charge in [-0.2, -0.15) is 0 Å². The molecule has 2 N–H and O–H groups in total. The van der Waals surface area contributed by atoms with Crippen LogP contribution in [-0.4, -0.2) is 42.4 Å². The van der Waals surface area contributed by atoms with Gasteiger partial charge in [-0.25, -0.2) is 19.4 Å². The van der Waals surface area contributed by atoms with Crippen molar-refractivity contribution >= 4 is 24.0 Å². The highest BCUT2D eigenvalue weighted by Crippen LogP contribution is 2.46. The standard InChI is InChI=1S/C19H28N4O5/c1-6-27-16(25)14-12(2)23-28-15(14)22-17(26)20-10-19(5)8-13(21-11-24)7-18(3,4)9-19/h13H,6-10H2,1-5H3,(H2,20,22,26). The summed E-state index contributed by atoms with van der Waals surface area (Å²) in [6.07, 6.45) is 4.02. The van der Waals surface area contributed by atoms with Crippen molar-refractivity contribution < 1.29 is 23.6 Å². The number of rotatable bonds is 6. The largest absolute Gasteiger partial charge is 0.462 e. The molecule has 28 heavy (non-hydrogen) atoms. The summed E-state index contributed by atoms with van der Waals surface area (Å²) in [5, 5.41) is 9.06. The van der Waals surface area contributed by atoms with Crippen LogP contribution in [0.5, 0.6) is 0 Å². The van der Waals surface area contributed by atoms with Crippen LogP contribution in [0, 0.1) is 17.8 Å². The molecule has 2 amide bonds. The number of isocyanates is 1. The Labute approximate surface area is 164 Å². The number of carbonyl (C=O) groups is 2. The first-order chi connectivity index (χ1) is 13.1. The summed E-state index contributed by atoms with van der Waals surface area (Å²) in [5.74, 6) is -0.655. The van der Waals surface area contributed by atoms with Gasteiger partial charge in [0, 0.05) is 6.54 Å². The molecule has 9 heteroatoms. The Balaban J connectivity index is 2.02. The Bertz CT molecular complexity index is 781. The summed E-state index contributed by atoms with van der Waals surface area (Å²) in [7, 11) is 0. The van der Waals surface area contributed by atoms with Gasteiger partial charge in [-0.05, 0) is 43.9 Å². The first-order valence-electron chi connectivity index (χ1n) is 9.34. The number of urea groups is 1. The zero-order chi connectivity index (χ0) is 20.9. The molecule has 1 aromatic rings. The van der Waals surface area contributed by atoms with Gasteiger partial charge in [0.25, 0.3) is 0 Å². The maximum Gasteiger partial charge on any atom is 0.345 e. The van der Waals surface area contributed by atoms with Crippen LogP contribution in [0.1, 0.15) is 63.0 Å². The first kappa shape index (κ1) is 21.6. The Hall–Kier alpha value is -2.67. The number of aromatic nitrogens is 1. The fraction of sp³-hybridized carbons (Fsp3) is 0.684. The third-order valence-corrected chi connectivity index (χ3v) is 4.90. The topological polar surface area (TPSA) is 123 Å². The van der Waals surface area contributed by atoms with Crippen molar-refractivity contribution in [1.29, 1.82) is 0 Å². The molecule has 0 spiro atoms. The minimum absolute atomic E-state index is 0.00467. The average Bonchev–Trinajstić information content (AvgIpc) is 2.92. The van der Waals surface area contributed by atoms with Gasteiger partial charge in [0.1, 0.15) is 5.56 Å². The van der Waals surface area contributed by atoms with Gasteiger partial charge in [-0.3, -0.25) is 5.32 Å². The third-order valence-electron chi connectivity index (χ3n) is 4.90. The van der Waals surface area contributed by atoms with Gasteiger partial charge >= 0.3 is 12.0 Å². The smallest absolute Gasteiger partial charge is 0.345 e. The van der Waals surface area contributed by atoms with Crippen LogP contribution in [0.4, 0.5) is 10.7 Å². The maximum absolute atomic E-state index is 12.4. The van der Waals surface area contributed by atoms with E-state index in [2.05, 4.69) is 41.6 Å². The lowest BCUT2D eigenvalue weighted by Gasteiger charge is -2.45. The molecule has 0 aromatic carbocycles. The molecule has 0 bridgehead atoms. The van der Waals surface area contributed by atoms with Gasteiger partial charge in [-0.1, -0.05) is 25.9 Å². The predicted octanol–water partition coefficient (Wildman–Crippen LogP) is 3.20. The predicted molar refractivity (Wildman–Crippen MR) is 102 cm³/mol. The van der Waals surface area contributed by atoms with Crippen molar-refractivity contribution in [1.82, 2.24) is 10.5 Å². The van der Waals surface area contributed by atoms with E-state index in [1.165, 1.54) is 0 Å². The van der Waals surface area contributed by atoms with Gasteiger partial charge in [0.2, 0.25) is 12.0 Å². The van der Waals surface area contributed by atoms with Gasteiger partial charge in [-0.15, -0.1) is 0 Å². The summed E-state index contributed by atoms with van der Waals surface area (Å²) in [5.41, 5.74) is 0.201. The summed E-state index contributed by atoms with van der Waals surface area (Å²) >= 11 is 0. The number of ether oxygens (including phenoxy) is 1. The number of nitrogens with zero attached hydrogens (tertiary/aromatic N) is 2. The first-order valence-corrected chi connectivity index (χ1v) is 9.34. The van der Waals surface area contributed by atoms with E-state index in [0.717, 1.165) is 12.8 Å². The maximum atomic E-state index is 12.4. The number of esters is 1. The molecule has 0 saturated heterocycles. The minimum Gasteiger partial charge on any atom is -0.462 e. The number of hydrogen-bond donors (Lipinski definition) is 2. The van der Waals surface area contributed by atoms with Crippen LogP contribution in [0.3, 0.4) is 0 Å². The molecule has 154 valence electrons. The monoisotopic (exact) mass is 392 g/mol. The van der Waals surface area contributed by atoms with Gasteiger partial charge in [0.05, 0.1) is 18.3 Å². The van der Waals surface area contributed by atoms with Crippen LogP contribution in [-0.2, 0) is 9.53 Å². The molecule has 1 fully saturated rings. The van der Waals surface area contributed by atoms with Crippen molar-refractivity contribution in [3.63, 3.8) is 0 Å². The van der Waals surface area contributed by atoms with Gasteiger partial charge in [0.15, 0.2) is 0 Å². The van der Waals surface area contributed by atoms with E-state index in [0.29, 0.717) is 18.7 Å². The number of nitrogens with one attached hydrogen (secondary N) is 2. The number of amides is 2. The number of anilines is 1. The van der Waals surface area contributed by atoms with Crippen molar-refractivity contribution in [2.45, 2.75) is 59.9 Å². The third kappa shape index (κ3) is 5.42. The van der Waals surface area contributed by atoms with Gasteiger partial charge < -0.3 is 14.6 Å². The summed E-state index contributed by atoms with van der Waals surface area (Å²) in [4.78, 5) is 39.0. The fourth-order valence-corrected chi connectivity index (χ4v) is 4.22. The highest BCUT2D eigenvalue weighted by atomic mass is 16.5. The SMILES string of the molecule is CCOC(=O)c1c(C)noc1NC(=O)NCC1(C)CC(N=C=O)CC(C)(C)C1. The molecule has 1 saturated carbocycles. The van der Waals surface area contributed by atoms with Crippen molar-refractivity contribution in [3.8, 4) is 0 Å². The van der Waals surface area contributed by atoms with E-state index in [1.807, 2.05) is 0 Å². The molecule has 9 nitrogen and oxygen atoms in total. The minimum atomic E-state index is -0.605. The van der Waals surface area contributed by atoms with Crippen LogP contribution in [0.15, 0.2) is 9.52 Å². The molecule has 2 unspecified atom stereocenters. The molecule has 1 heterocycles. The average molecular weight is 392 g/mol. The highest BCUT2D eigenvalue weighted by molar-refractivity contribution is 5.99. The summed E-state index contributed by atoms with van der Waals surface area (Å²) in [6.45, 7) is 10.2. The highest BCUT2D eigenvalue weighted by Gasteiger charge is 2.41. The second-order valence-corrected chi connectivity index (χ2v) is 8.43. The number of carbonyl (C=O) groups excluding carboxylic acids is 3. The van der Waals surface area contributed by atoms with E-state index in [4.69, 9.17) is 9.26 Å². The molecular weight excluding hydrogens is 364 g/mol. The normalized spacial score (nSPS) is 23.4. The summed E-state index contributed by atoms with van der Waals surface area (Å²) in [6, 6.07) is -0.620. The van der Waals surface area contributed by atoms with E-state index >= 15 is 0 Å². The molecule has 2 atom stereocenters.